The highest BCUT2D eigenvalue weighted by molar-refractivity contribution is 7.89. The van der Waals surface area contributed by atoms with Crippen molar-refractivity contribution in [1.82, 2.24) is 14.6 Å². The van der Waals surface area contributed by atoms with Gasteiger partial charge in [0.05, 0.1) is 18.6 Å². The van der Waals surface area contributed by atoms with E-state index in [4.69, 9.17) is 4.74 Å². The summed E-state index contributed by atoms with van der Waals surface area (Å²) >= 11 is 0. The minimum absolute atomic E-state index is 0.0273. The number of methoxy groups -OCH3 is 1. The summed E-state index contributed by atoms with van der Waals surface area (Å²) in [7, 11) is -2.43. The molecule has 1 unspecified atom stereocenters. The molecule has 3 rings (SSSR count). The van der Waals surface area contributed by atoms with Crippen LogP contribution in [0.2, 0.25) is 0 Å². The predicted molar refractivity (Wildman–Crippen MR) is 101 cm³/mol. The largest absolute Gasteiger partial charge is 0.497 e. The first-order valence-corrected chi connectivity index (χ1v) is 10.3. The number of nitrogens with zero attached hydrogens (tertiary/aromatic N) is 2. The third-order valence-corrected chi connectivity index (χ3v) is 6.55. The average Bonchev–Trinajstić information content (AvgIpc) is 2.72. The molecule has 0 saturated carbocycles. The fourth-order valence-electron chi connectivity index (χ4n) is 3.10. The second-order valence-corrected chi connectivity index (χ2v) is 8.56. The highest BCUT2D eigenvalue weighted by Crippen LogP contribution is 2.30. The van der Waals surface area contributed by atoms with E-state index in [0.717, 1.165) is 9.87 Å². The van der Waals surface area contributed by atoms with Gasteiger partial charge in [0, 0.05) is 25.5 Å². The normalized spacial score (nSPS) is 20.5. The zero-order chi connectivity index (χ0) is 20.2. The van der Waals surface area contributed by atoms with Gasteiger partial charge in [-0.25, -0.2) is 12.8 Å². The Morgan fingerprint density at radius 3 is 2.71 bits per heavy atom. The lowest BCUT2D eigenvalue weighted by Crippen LogP contribution is -2.55. The summed E-state index contributed by atoms with van der Waals surface area (Å²) in [5, 5.41) is 2.54. The first-order valence-electron chi connectivity index (χ1n) is 8.85. The van der Waals surface area contributed by atoms with Crippen molar-refractivity contribution in [2.75, 3.05) is 20.2 Å². The fraction of sp³-hybridized carbons (Fsp3) is 0.368. The molecule has 150 valence electrons. The lowest BCUT2D eigenvalue weighted by Gasteiger charge is -2.35. The third kappa shape index (κ3) is 4.31. The monoisotopic (exact) mass is 407 g/mol. The molecule has 1 atom stereocenters. The molecule has 1 aliphatic heterocycles. The molecule has 0 bridgehead atoms. The highest BCUT2D eigenvalue weighted by Gasteiger charge is 2.45. The number of aromatic nitrogens is 1. The van der Waals surface area contributed by atoms with Gasteiger partial charge in [-0.15, -0.1) is 0 Å². The number of nitrogens with one attached hydrogen (secondary N) is 1. The molecule has 1 N–H and O–H groups in total. The Morgan fingerprint density at radius 1 is 1.32 bits per heavy atom. The van der Waals surface area contributed by atoms with Crippen molar-refractivity contribution < 1.29 is 22.3 Å². The Hall–Kier alpha value is -2.52. The van der Waals surface area contributed by atoms with E-state index in [1.54, 1.807) is 24.5 Å². The minimum atomic E-state index is -3.91. The van der Waals surface area contributed by atoms with Crippen LogP contribution >= 0.6 is 0 Å². The molecule has 2 aromatic rings. The van der Waals surface area contributed by atoms with Crippen LogP contribution in [0.4, 0.5) is 4.39 Å². The van der Waals surface area contributed by atoms with E-state index in [0.29, 0.717) is 5.75 Å². The van der Waals surface area contributed by atoms with Crippen LogP contribution in [-0.2, 0) is 21.4 Å². The van der Waals surface area contributed by atoms with Gasteiger partial charge >= 0.3 is 0 Å². The number of alkyl halides is 1. The molecular weight excluding hydrogens is 385 g/mol. The van der Waals surface area contributed by atoms with E-state index in [1.165, 1.54) is 31.4 Å². The number of amides is 1. The number of carbonyl (C=O) groups excluding carboxylic acids is 1. The van der Waals surface area contributed by atoms with Gasteiger partial charge in [0.1, 0.15) is 5.75 Å². The maximum Gasteiger partial charge on any atom is 0.259 e. The summed E-state index contributed by atoms with van der Waals surface area (Å²) in [6, 6.07) is 9.35. The van der Waals surface area contributed by atoms with Crippen molar-refractivity contribution in [2.45, 2.75) is 30.0 Å². The first kappa shape index (κ1) is 20.2. The predicted octanol–water partition coefficient (Wildman–Crippen LogP) is 1.90. The topological polar surface area (TPSA) is 88.6 Å². The number of piperidine rings is 1. The van der Waals surface area contributed by atoms with E-state index in [2.05, 4.69) is 10.3 Å². The maximum atomic E-state index is 15.3. The Labute approximate surface area is 163 Å². The molecular formula is C19H22FN3O4S. The number of benzene rings is 1. The summed E-state index contributed by atoms with van der Waals surface area (Å²) in [5.41, 5.74) is -1.54. The molecule has 0 radical (unpaired) electrons. The Morgan fingerprint density at radius 2 is 2.07 bits per heavy atom. The summed E-state index contributed by atoms with van der Waals surface area (Å²) in [6.45, 7) is -0.222. The number of ether oxygens (including phenoxy) is 1. The molecule has 1 aromatic carbocycles. The van der Waals surface area contributed by atoms with E-state index < -0.39 is 28.1 Å². The molecule has 1 saturated heterocycles. The first-order chi connectivity index (χ1) is 13.3. The molecule has 1 fully saturated rings. The SMILES string of the molecule is COc1ccc(S(=O)(=O)N2CCCC(F)(C(=O)NCc3cccnc3)C2)cc1. The van der Waals surface area contributed by atoms with E-state index in [1.807, 2.05) is 0 Å². The van der Waals surface area contributed by atoms with E-state index >= 15 is 4.39 Å². The zero-order valence-electron chi connectivity index (χ0n) is 15.5. The number of hydrogen-bond acceptors (Lipinski definition) is 5. The number of pyridine rings is 1. The van der Waals surface area contributed by atoms with Gasteiger partial charge < -0.3 is 10.1 Å². The van der Waals surface area contributed by atoms with Crippen LogP contribution in [0.1, 0.15) is 18.4 Å². The van der Waals surface area contributed by atoms with Gasteiger partial charge in [-0.2, -0.15) is 4.31 Å². The molecule has 28 heavy (non-hydrogen) atoms. The molecule has 0 spiro atoms. The van der Waals surface area contributed by atoms with Crippen molar-refractivity contribution in [2.24, 2.45) is 0 Å². The minimum Gasteiger partial charge on any atom is -0.497 e. The summed E-state index contributed by atoms with van der Waals surface area (Å²) in [4.78, 5) is 16.4. The lowest BCUT2D eigenvalue weighted by molar-refractivity contribution is -0.135. The van der Waals surface area contributed by atoms with Gasteiger partial charge in [0.2, 0.25) is 15.7 Å². The Balaban J connectivity index is 1.71. The molecule has 9 heteroatoms. The molecule has 1 aromatic heterocycles. The second kappa shape index (κ2) is 8.24. The average molecular weight is 407 g/mol. The second-order valence-electron chi connectivity index (χ2n) is 6.63. The zero-order valence-corrected chi connectivity index (χ0v) is 16.3. The van der Waals surface area contributed by atoms with Crippen molar-refractivity contribution in [3.05, 3.63) is 54.4 Å². The quantitative estimate of drug-likeness (QED) is 0.790. The summed E-state index contributed by atoms with van der Waals surface area (Å²) in [5.74, 6) is -0.293. The van der Waals surface area contributed by atoms with E-state index in [-0.39, 0.29) is 30.8 Å². The van der Waals surface area contributed by atoms with Crippen LogP contribution < -0.4 is 10.1 Å². The number of sulfonamides is 1. The number of hydrogen-bond donors (Lipinski definition) is 1. The highest BCUT2D eigenvalue weighted by atomic mass is 32.2. The van der Waals surface area contributed by atoms with Crippen LogP contribution in [-0.4, -0.2) is 49.5 Å². The smallest absolute Gasteiger partial charge is 0.259 e. The van der Waals surface area contributed by atoms with Gasteiger partial charge in [0.15, 0.2) is 0 Å². The number of carbonyl (C=O) groups is 1. The van der Waals surface area contributed by atoms with Crippen LogP contribution in [0.25, 0.3) is 0 Å². The lowest BCUT2D eigenvalue weighted by atomic mass is 9.95. The van der Waals surface area contributed by atoms with Gasteiger partial charge in [-0.1, -0.05) is 6.07 Å². The van der Waals surface area contributed by atoms with Crippen LogP contribution in [0.5, 0.6) is 5.75 Å². The van der Waals surface area contributed by atoms with Gasteiger partial charge in [-0.3, -0.25) is 9.78 Å². The van der Waals surface area contributed by atoms with Crippen molar-refractivity contribution >= 4 is 15.9 Å². The van der Waals surface area contributed by atoms with Gasteiger partial charge in [0.25, 0.3) is 5.91 Å². The Kier molecular flexibility index (Phi) is 5.95. The number of halogens is 1. The maximum absolute atomic E-state index is 15.3. The fourth-order valence-corrected chi connectivity index (χ4v) is 4.63. The molecule has 7 nitrogen and oxygen atoms in total. The molecule has 2 heterocycles. The van der Waals surface area contributed by atoms with Gasteiger partial charge in [-0.05, 0) is 48.7 Å². The summed E-state index contributed by atoms with van der Waals surface area (Å²) < 4.78 is 47.1. The van der Waals surface area contributed by atoms with Crippen molar-refractivity contribution in [1.29, 1.82) is 0 Å². The summed E-state index contributed by atoms with van der Waals surface area (Å²) in [6.07, 6.45) is 3.41. The molecule has 1 aliphatic rings. The van der Waals surface area contributed by atoms with Crippen molar-refractivity contribution in [3.63, 3.8) is 0 Å². The molecule has 0 aliphatic carbocycles. The molecule has 1 amide bonds. The van der Waals surface area contributed by atoms with Crippen LogP contribution in [0.3, 0.4) is 0 Å². The standard InChI is InChI=1S/C19H22FN3O4S/c1-27-16-5-7-17(8-6-16)28(25,26)23-11-3-9-19(20,14-23)18(24)22-13-15-4-2-10-21-12-15/h2,4-8,10,12H,3,9,11,13-14H2,1H3,(H,22,24). The van der Waals surface area contributed by atoms with Crippen LogP contribution in [0, 0.1) is 0 Å². The van der Waals surface area contributed by atoms with E-state index in [9.17, 15) is 13.2 Å². The third-order valence-electron chi connectivity index (χ3n) is 4.69. The Bertz CT molecular complexity index is 922. The number of rotatable bonds is 6. The van der Waals surface area contributed by atoms with Crippen molar-refractivity contribution in [3.8, 4) is 5.75 Å². The van der Waals surface area contributed by atoms with Crippen LogP contribution in [0.15, 0.2) is 53.7 Å².